The molecule has 0 amide bonds. The molecule has 1 aliphatic rings. The fraction of sp³-hybridized carbons (Fsp3) is 0.400. The maximum Gasteiger partial charge on any atom is 0.311 e. The molecule has 4 heteroatoms. The number of aromatic nitrogens is 1. The smallest absolute Gasteiger partial charge is 0.311 e. The van der Waals surface area contributed by atoms with Crippen molar-refractivity contribution in [1.82, 2.24) is 4.57 Å². The molecule has 1 N–H and O–H groups in total. The van der Waals surface area contributed by atoms with Gasteiger partial charge in [-0.3, -0.25) is 9.59 Å². The van der Waals surface area contributed by atoms with Crippen LogP contribution < -0.4 is 5.56 Å². The second kappa shape index (κ2) is 2.97. The standard InChI is InChI=1S/C10H11NO3/c12-8-3-1-2-6-11(8)7-10(4-5-10)9(13)14/h1-3,6H,4-5,7H2,(H,13,14). The van der Waals surface area contributed by atoms with Gasteiger partial charge in [0.1, 0.15) is 0 Å². The number of hydrogen-bond acceptors (Lipinski definition) is 2. The van der Waals surface area contributed by atoms with Gasteiger partial charge >= 0.3 is 5.97 Å². The summed E-state index contributed by atoms with van der Waals surface area (Å²) in [6.07, 6.45) is 2.97. The van der Waals surface area contributed by atoms with Crippen LogP contribution in [0.1, 0.15) is 12.8 Å². The van der Waals surface area contributed by atoms with E-state index in [9.17, 15) is 9.59 Å². The van der Waals surface area contributed by atoms with Crippen LogP contribution in [-0.2, 0) is 11.3 Å². The first-order valence-electron chi connectivity index (χ1n) is 4.53. The van der Waals surface area contributed by atoms with Crippen LogP contribution in [0.25, 0.3) is 0 Å². The third-order valence-electron chi connectivity index (χ3n) is 2.68. The lowest BCUT2D eigenvalue weighted by Crippen LogP contribution is -2.27. The normalized spacial score (nSPS) is 17.7. The second-order valence-corrected chi connectivity index (χ2v) is 3.75. The summed E-state index contributed by atoms with van der Waals surface area (Å²) in [6.45, 7) is 0.294. The number of carbonyl (C=O) groups is 1. The molecule has 0 aliphatic heterocycles. The number of pyridine rings is 1. The van der Waals surface area contributed by atoms with Crippen LogP contribution in [-0.4, -0.2) is 15.6 Å². The second-order valence-electron chi connectivity index (χ2n) is 3.75. The SMILES string of the molecule is O=C(O)C1(Cn2ccccc2=O)CC1. The molecule has 0 atom stereocenters. The molecule has 74 valence electrons. The average molecular weight is 193 g/mol. The van der Waals surface area contributed by atoms with Gasteiger partial charge in [-0.15, -0.1) is 0 Å². The van der Waals surface area contributed by atoms with Crippen LogP contribution in [0.15, 0.2) is 29.2 Å². The van der Waals surface area contributed by atoms with E-state index in [-0.39, 0.29) is 5.56 Å². The molecular weight excluding hydrogens is 182 g/mol. The zero-order valence-corrected chi connectivity index (χ0v) is 7.64. The Morgan fingerprint density at radius 2 is 2.21 bits per heavy atom. The van der Waals surface area contributed by atoms with Gasteiger partial charge < -0.3 is 9.67 Å². The predicted octanol–water partition coefficient (Wildman–Crippen LogP) is 0.713. The van der Waals surface area contributed by atoms with Crippen LogP contribution in [0.3, 0.4) is 0 Å². The largest absolute Gasteiger partial charge is 0.481 e. The number of carboxylic acids is 1. The minimum atomic E-state index is -0.798. The van der Waals surface area contributed by atoms with Crippen molar-refractivity contribution in [2.75, 3.05) is 0 Å². The minimum Gasteiger partial charge on any atom is -0.481 e. The van der Waals surface area contributed by atoms with Crippen molar-refractivity contribution in [3.63, 3.8) is 0 Å². The zero-order valence-electron chi connectivity index (χ0n) is 7.64. The summed E-state index contributed by atoms with van der Waals surface area (Å²) in [7, 11) is 0. The van der Waals surface area contributed by atoms with Crippen molar-refractivity contribution in [1.29, 1.82) is 0 Å². The highest BCUT2D eigenvalue weighted by atomic mass is 16.4. The molecule has 0 spiro atoms. The molecule has 4 nitrogen and oxygen atoms in total. The fourth-order valence-corrected chi connectivity index (χ4v) is 1.51. The summed E-state index contributed by atoms with van der Waals surface area (Å²) in [4.78, 5) is 22.2. The first kappa shape index (κ1) is 8.99. The lowest BCUT2D eigenvalue weighted by atomic mass is 10.1. The molecule has 1 aromatic heterocycles. The predicted molar refractivity (Wildman–Crippen MR) is 50.0 cm³/mol. The van der Waals surface area contributed by atoms with Crippen molar-refractivity contribution in [2.45, 2.75) is 19.4 Å². The Hall–Kier alpha value is -1.58. The van der Waals surface area contributed by atoms with E-state index in [1.165, 1.54) is 10.6 Å². The van der Waals surface area contributed by atoms with Crippen LogP contribution in [0.4, 0.5) is 0 Å². The van der Waals surface area contributed by atoms with Crippen LogP contribution >= 0.6 is 0 Å². The number of nitrogens with zero attached hydrogens (tertiary/aromatic N) is 1. The van der Waals surface area contributed by atoms with E-state index in [0.29, 0.717) is 19.4 Å². The van der Waals surface area contributed by atoms with E-state index < -0.39 is 11.4 Å². The highest BCUT2D eigenvalue weighted by Crippen LogP contribution is 2.47. The summed E-state index contributed by atoms with van der Waals surface area (Å²) in [5.41, 5.74) is -0.814. The van der Waals surface area contributed by atoms with E-state index in [2.05, 4.69) is 0 Å². The third kappa shape index (κ3) is 1.43. The molecule has 1 saturated carbocycles. The van der Waals surface area contributed by atoms with Gasteiger partial charge in [-0.1, -0.05) is 6.07 Å². The number of hydrogen-bond donors (Lipinski definition) is 1. The first-order chi connectivity index (χ1) is 6.64. The van der Waals surface area contributed by atoms with Crippen molar-refractivity contribution in [3.8, 4) is 0 Å². The molecule has 1 fully saturated rings. The van der Waals surface area contributed by atoms with Crippen LogP contribution in [0, 0.1) is 5.41 Å². The topological polar surface area (TPSA) is 59.3 Å². The Bertz CT molecular complexity index is 417. The zero-order chi connectivity index (χ0) is 10.2. The molecule has 0 bridgehead atoms. The maximum absolute atomic E-state index is 11.3. The Kier molecular flexibility index (Phi) is 1.91. The molecular formula is C10H11NO3. The summed E-state index contributed by atoms with van der Waals surface area (Å²) in [5.74, 6) is -0.798. The first-order valence-corrected chi connectivity index (χ1v) is 4.53. The quantitative estimate of drug-likeness (QED) is 0.769. The molecule has 0 unspecified atom stereocenters. The molecule has 0 saturated heterocycles. The Labute approximate surface area is 80.8 Å². The third-order valence-corrected chi connectivity index (χ3v) is 2.68. The lowest BCUT2D eigenvalue weighted by molar-refractivity contribution is -0.143. The highest BCUT2D eigenvalue weighted by Gasteiger charge is 2.50. The Morgan fingerprint density at radius 1 is 1.50 bits per heavy atom. The lowest BCUT2D eigenvalue weighted by Gasteiger charge is -2.11. The minimum absolute atomic E-state index is 0.139. The van der Waals surface area contributed by atoms with E-state index in [1.807, 2.05) is 0 Å². The summed E-state index contributed by atoms with van der Waals surface area (Å²) in [6, 6.07) is 4.83. The Balaban J connectivity index is 2.24. The number of rotatable bonds is 3. The van der Waals surface area contributed by atoms with E-state index in [1.54, 1.807) is 18.3 Å². The number of aliphatic carboxylic acids is 1. The molecule has 1 aromatic rings. The molecule has 0 aromatic carbocycles. The summed E-state index contributed by atoms with van der Waals surface area (Å²) >= 11 is 0. The van der Waals surface area contributed by atoms with Crippen LogP contribution in [0.2, 0.25) is 0 Å². The van der Waals surface area contributed by atoms with Gasteiger partial charge in [-0.25, -0.2) is 0 Å². The summed E-state index contributed by atoms with van der Waals surface area (Å²) in [5, 5.41) is 8.94. The van der Waals surface area contributed by atoms with E-state index in [0.717, 1.165) is 0 Å². The molecule has 1 aliphatic carbocycles. The van der Waals surface area contributed by atoms with Crippen molar-refractivity contribution in [3.05, 3.63) is 34.7 Å². The molecule has 1 heterocycles. The van der Waals surface area contributed by atoms with Gasteiger partial charge in [0.25, 0.3) is 5.56 Å². The Morgan fingerprint density at radius 3 is 2.71 bits per heavy atom. The monoisotopic (exact) mass is 193 g/mol. The van der Waals surface area contributed by atoms with Crippen molar-refractivity contribution < 1.29 is 9.90 Å². The van der Waals surface area contributed by atoms with Crippen molar-refractivity contribution in [2.24, 2.45) is 5.41 Å². The van der Waals surface area contributed by atoms with Gasteiger partial charge in [-0.2, -0.15) is 0 Å². The van der Waals surface area contributed by atoms with Gasteiger partial charge in [0.15, 0.2) is 0 Å². The maximum atomic E-state index is 11.3. The van der Waals surface area contributed by atoms with Gasteiger partial charge in [0.2, 0.25) is 0 Å². The van der Waals surface area contributed by atoms with Gasteiger partial charge in [-0.05, 0) is 18.9 Å². The van der Waals surface area contributed by atoms with E-state index >= 15 is 0 Å². The molecule has 2 rings (SSSR count). The average Bonchev–Trinajstić information content (AvgIpc) is 2.90. The highest BCUT2D eigenvalue weighted by molar-refractivity contribution is 5.77. The number of carboxylic acid groups (broad SMARTS) is 1. The van der Waals surface area contributed by atoms with E-state index in [4.69, 9.17) is 5.11 Å². The van der Waals surface area contributed by atoms with Gasteiger partial charge in [0, 0.05) is 18.8 Å². The summed E-state index contributed by atoms with van der Waals surface area (Å²) < 4.78 is 1.46. The van der Waals surface area contributed by atoms with Gasteiger partial charge in [0.05, 0.1) is 5.41 Å². The van der Waals surface area contributed by atoms with Crippen LogP contribution in [0.5, 0.6) is 0 Å². The molecule has 0 radical (unpaired) electrons. The van der Waals surface area contributed by atoms with Crippen molar-refractivity contribution >= 4 is 5.97 Å². The fourth-order valence-electron chi connectivity index (χ4n) is 1.51. The molecule has 14 heavy (non-hydrogen) atoms.